The SMILES string of the molecule is O=C(CCc1ccc(Br)cc1)NCCc1nccs1. The molecule has 0 saturated heterocycles. The molecule has 0 fully saturated rings. The smallest absolute Gasteiger partial charge is 0.220 e. The maximum atomic E-state index is 11.7. The van der Waals surface area contributed by atoms with Crippen molar-refractivity contribution in [2.75, 3.05) is 6.54 Å². The molecule has 1 aromatic carbocycles. The minimum absolute atomic E-state index is 0.0967. The number of amides is 1. The molecule has 2 aromatic rings. The van der Waals surface area contributed by atoms with E-state index in [9.17, 15) is 4.79 Å². The maximum absolute atomic E-state index is 11.7. The van der Waals surface area contributed by atoms with Crippen LogP contribution in [0.2, 0.25) is 0 Å². The zero-order valence-corrected chi connectivity index (χ0v) is 12.8. The molecule has 1 amide bonds. The third-order valence-electron chi connectivity index (χ3n) is 2.70. The summed E-state index contributed by atoms with van der Waals surface area (Å²) < 4.78 is 1.06. The number of carbonyl (C=O) groups is 1. The van der Waals surface area contributed by atoms with Crippen molar-refractivity contribution in [2.45, 2.75) is 19.3 Å². The minimum atomic E-state index is 0.0967. The van der Waals surface area contributed by atoms with Crippen molar-refractivity contribution in [3.05, 3.63) is 50.9 Å². The van der Waals surface area contributed by atoms with E-state index < -0.39 is 0 Å². The molecule has 3 nitrogen and oxygen atoms in total. The number of rotatable bonds is 6. The number of thiazole rings is 1. The van der Waals surface area contributed by atoms with Crippen LogP contribution in [0.4, 0.5) is 0 Å². The zero-order valence-electron chi connectivity index (χ0n) is 10.4. The van der Waals surface area contributed by atoms with Crippen LogP contribution in [-0.4, -0.2) is 17.4 Å². The van der Waals surface area contributed by atoms with Gasteiger partial charge in [0.1, 0.15) is 0 Å². The summed E-state index contributed by atoms with van der Waals surface area (Å²) in [6.07, 6.45) is 3.90. The number of hydrogen-bond acceptors (Lipinski definition) is 3. The van der Waals surface area contributed by atoms with E-state index in [1.807, 2.05) is 29.6 Å². The Morgan fingerprint density at radius 2 is 2.05 bits per heavy atom. The van der Waals surface area contributed by atoms with Gasteiger partial charge in [-0.25, -0.2) is 4.98 Å². The summed E-state index contributed by atoms with van der Waals surface area (Å²) in [6, 6.07) is 8.06. The topological polar surface area (TPSA) is 42.0 Å². The summed E-state index contributed by atoms with van der Waals surface area (Å²) in [5, 5.41) is 5.93. The highest BCUT2D eigenvalue weighted by molar-refractivity contribution is 9.10. The second kappa shape index (κ2) is 7.40. The highest BCUT2D eigenvalue weighted by Gasteiger charge is 2.03. The standard InChI is InChI=1S/C14H15BrN2OS/c15-12-4-1-11(2-5-12)3-6-13(18)16-8-7-14-17-9-10-19-14/h1-2,4-5,9-10H,3,6-8H2,(H,16,18). The van der Waals surface area contributed by atoms with Crippen molar-refractivity contribution in [3.63, 3.8) is 0 Å². The largest absolute Gasteiger partial charge is 0.356 e. The predicted octanol–water partition coefficient (Wildman–Crippen LogP) is 3.20. The van der Waals surface area contributed by atoms with Crippen molar-refractivity contribution < 1.29 is 4.79 Å². The van der Waals surface area contributed by atoms with Crippen LogP contribution < -0.4 is 5.32 Å². The van der Waals surface area contributed by atoms with Crippen molar-refractivity contribution >= 4 is 33.2 Å². The van der Waals surface area contributed by atoms with E-state index >= 15 is 0 Å². The Hall–Kier alpha value is -1.20. The van der Waals surface area contributed by atoms with E-state index in [2.05, 4.69) is 26.2 Å². The van der Waals surface area contributed by atoms with Gasteiger partial charge in [-0.05, 0) is 24.1 Å². The van der Waals surface area contributed by atoms with Gasteiger partial charge in [-0.3, -0.25) is 4.79 Å². The average molecular weight is 339 g/mol. The lowest BCUT2D eigenvalue weighted by Crippen LogP contribution is -2.25. The molecule has 1 N–H and O–H groups in total. The molecule has 1 heterocycles. The van der Waals surface area contributed by atoms with E-state index in [-0.39, 0.29) is 5.91 Å². The van der Waals surface area contributed by atoms with Crippen LogP contribution in [0.5, 0.6) is 0 Å². The number of halogens is 1. The normalized spacial score (nSPS) is 10.4. The van der Waals surface area contributed by atoms with Crippen LogP contribution >= 0.6 is 27.3 Å². The Balaban J connectivity index is 1.65. The number of aromatic nitrogens is 1. The molecule has 5 heteroatoms. The number of nitrogens with zero attached hydrogens (tertiary/aromatic N) is 1. The Morgan fingerprint density at radius 3 is 2.74 bits per heavy atom. The van der Waals surface area contributed by atoms with Gasteiger partial charge in [-0.1, -0.05) is 28.1 Å². The summed E-state index contributed by atoms with van der Waals surface area (Å²) in [5.41, 5.74) is 1.18. The van der Waals surface area contributed by atoms with Crippen molar-refractivity contribution in [1.82, 2.24) is 10.3 Å². The fourth-order valence-electron chi connectivity index (χ4n) is 1.68. The molecule has 0 unspecified atom stereocenters. The summed E-state index contributed by atoms with van der Waals surface area (Å²) in [7, 11) is 0. The first-order valence-electron chi connectivity index (χ1n) is 6.13. The Morgan fingerprint density at radius 1 is 1.26 bits per heavy atom. The van der Waals surface area contributed by atoms with Gasteiger partial charge >= 0.3 is 0 Å². The van der Waals surface area contributed by atoms with Gasteiger partial charge in [0.2, 0.25) is 5.91 Å². The third kappa shape index (κ3) is 5.12. The fourth-order valence-corrected chi connectivity index (χ4v) is 2.57. The van der Waals surface area contributed by atoms with E-state index in [4.69, 9.17) is 0 Å². The van der Waals surface area contributed by atoms with Gasteiger partial charge in [0.05, 0.1) is 5.01 Å². The molecule has 0 atom stereocenters. The van der Waals surface area contributed by atoms with Crippen molar-refractivity contribution in [3.8, 4) is 0 Å². The molecule has 0 aliphatic heterocycles. The monoisotopic (exact) mass is 338 g/mol. The Bertz CT molecular complexity index is 511. The number of carbonyl (C=O) groups excluding carboxylic acids is 1. The number of hydrogen-bond donors (Lipinski definition) is 1. The first-order valence-corrected chi connectivity index (χ1v) is 7.81. The third-order valence-corrected chi connectivity index (χ3v) is 4.07. The second-order valence-corrected chi connectivity index (χ2v) is 6.05. The van der Waals surface area contributed by atoms with Crippen LogP contribution in [-0.2, 0) is 17.6 Å². The Labute approximate surface area is 125 Å². The lowest BCUT2D eigenvalue weighted by Gasteiger charge is -2.04. The first-order chi connectivity index (χ1) is 9.24. The minimum Gasteiger partial charge on any atom is -0.356 e. The molecule has 2 rings (SSSR count). The molecule has 0 spiro atoms. The van der Waals surface area contributed by atoms with E-state index in [1.54, 1.807) is 17.5 Å². The van der Waals surface area contributed by atoms with Crippen LogP contribution in [0.3, 0.4) is 0 Å². The lowest BCUT2D eigenvalue weighted by atomic mass is 10.1. The molecular formula is C14H15BrN2OS. The van der Waals surface area contributed by atoms with E-state index in [1.165, 1.54) is 5.56 Å². The predicted molar refractivity (Wildman–Crippen MR) is 81.3 cm³/mol. The van der Waals surface area contributed by atoms with Gasteiger partial charge in [0, 0.05) is 35.4 Å². The van der Waals surface area contributed by atoms with Gasteiger partial charge in [0.15, 0.2) is 0 Å². The summed E-state index contributed by atoms with van der Waals surface area (Å²) in [6.45, 7) is 0.659. The summed E-state index contributed by atoms with van der Waals surface area (Å²) in [4.78, 5) is 15.9. The van der Waals surface area contributed by atoms with E-state index in [0.717, 1.165) is 22.3 Å². The highest BCUT2D eigenvalue weighted by atomic mass is 79.9. The molecule has 0 bridgehead atoms. The molecular weight excluding hydrogens is 324 g/mol. The molecule has 100 valence electrons. The van der Waals surface area contributed by atoms with Gasteiger partial charge < -0.3 is 5.32 Å². The number of benzene rings is 1. The Kier molecular flexibility index (Phi) is 5.54. The first kappa shape index (κ1) is 14.2. The van der Waals surface area contributed by atoms with Gasteiger partial charge in [-0.2, -0.15) is 0 Å². The van der Waals surface area contributed by atoms with E-state index in [0.29, 0.717) is 13.0 Å². The highest BCUT2D eigenvalue weighted by Crippen LogP contribution is 2.11. The van der Waals surface area contributed by atoms with Gasteiger partial charge in [0.25, 0.3) is 0 Å². The molecule has 0 aliphatic rings. The lowest BCUT2D eigenvalue weighted by molar-refractivity contribution is -0.121. The molecule has 1 aromatic heterocycles. The summed E-state index contributed by atoms with van der Waals surface area (Å²) in [5.74, 6) is 0.0967. The quantitative estimate of drug-likeness (QED) is 0.878. The van der Waals surface area contributed by atoms with Crippen LogP contribution in [0.15, 0.2) is 40.3 Å². The molecule has 19 heavy (non-hydrogen) atoms. The van der Waals surface area contributed by atoms with Crippen LogP contribution in [0.1, 0.15) is 17.0 Å². The summed E-state index contributed by atoms with van der Waals surface area (Å²) >= 11 is 5.01. The fraction of sp³-hybridized carbons (Fsp3) is 0.286. The zero-order chi connectivity index (χ0) is 13.5. The average Bonchev–Trinajstić information content (AvgIpc) is 2.91. The van der Waals surface area contributed by atoms with Crippen LogP contribution in [0, 0.1) is 0 Å². The van der Waals surface area contributed by atoms with Crippen LogP contribution in [0.25, 0.3) is 0 Å². The molecule has 0 saturated carbocycles. The second-order valence-electron chi connectivity index (χ2n) is 4.15. The molecule has 0 radical (unpaired) electrons. The maximum Gasteiger partial charge on any atom is 0.220 e. The molecule has 0 aliphatic carbocycles. The van der Waals surface area contributed by atoms with Gasteiger partial charge in [-0.15, -0.1) is 11.3 Å². The van der Waals surface area contributed by atoms with Crippen molar-refractivity contribution in [2.24, 2.45) is 0 Å². The number of aryl methyl sites for hydroxylation is 1. The van der Waals surface area contributed by atoms with Crippen molar-refractivity contribution in [1.29, 1.82) is 0 Å². The number of nitrogens with one attached hydrogen (secondary N) is 1.